The molecule has 0 saturated carbocycles. The summed E-state index contributed by atoms with van der Waals surface area (Å²) in [6.45, 7) is 0. The van der Waals surface area contributed by atoms with E-state index in [1.54, 1.807) is 24.3 Å². The highest BCUT2D eigenvalue weighted by Gasteiger charge is 2.11. The second kappa shape index (κ2) is 4.26. The van der Waals surface area contributed by atoms with E-state index >= 15 is 0 Å². The van der Waals surface area contributed by atoms with Crippen molar-refractivity contribution in [3.8, 4) is 11.4 Å². The van der Waals surface area contributed by atoms with Crippen LogP contribution in [0.15, 0.2) is 36.4 Å². The SMILES string of the molecule is Fc1cccc(-c2nc3c(Cl)ccc(Cl)c3[nH]2)c1. The predicted octanol–water partition coefficient (Wildman–Crippen LogP) is 4.68. The van der Waals surface area contributed by atoms with E-state index < -0.39 is 0 Å². The summed E-state index contributed by atoms with van der Waals surface area (Å²) < 4.78 is 13.2. The van der Waals surface area contributed by atoms with Gasteiger partial charge in [0.2, 0.25) is 0 Å². The molecule has 0 amide bonds. The number of rotatable bonds is 1. The Bertz CT molecular complexity index is 698. The van der Waals surface area contributed by atoms with Gasteiger partial charge in [-0.3, -0.25) is 0 Å². The van der Waals surface area contributed by atoms with Crippen LogP contribution in [0.3, 0.4) is 0 Å². The minimum Gasteiger partial charge on any atom is -0.337 e. The molecule has 3 aromatic rings. The van der Waals surface area contributed by atoms with Gasteiger partial charge >= 0.3 is 0 Å². The Labute approximate surface area is 112 Å². The van der Waals surface area contributed by atoms with Crippen molar-refractivity contribution in [2.24, 2.45) is 0 Å². The van der Waals surface area contributed by atoms with Crippen LogP contribution in [0.5, 0.6) is 0 Å². The molecule has 3 rings (SSSR count). The van der Waals surface area contributed by atoms with E-state index in [2.05, 4.69) is 9.97 Å². The first-order valence-corrected chi connectivity index (χ1v) is 6.00. The zero-order valence-electron chi connectivity index (χ0n) is 9.05. The molecule has 90 valence electrons. The topological polar surface area (TPSA) is 28.7 Å². The standard InChI is InChI=1S/C13H7Cl2FN2/c14-9-4-5-10(15)12-11(9)17-13(18-12)7-2-1-3-8(16)6-7/h1-6H,(H,17,18). The van der Waals surface area contributed by atoms with Crippen molar-refractivity contribution >= 4 is 34.2 Å². The quantitative estimate of drug-likeness (QED) is 0.689. The third kappa shape index (κ3) is 1.85. The Balaban J connectivity index is 2.26. The Morgan fingerprint density at radius 2 is 1.83 bits per heavy atom. The van der Waals surface area contributed by atoms with Gasteiger partial charge in [-0.05, 0) is 24.3 Å². The number of nitrogens with zero attached hydrogens (tertiary/aromatic N) is 1. The Morgan fingerprint density at radius 1 is 1.06 bits per heavy atom. The Kier molecular flexibility index (Phi) is 2.73. The van der Waals surface area contributed by atoms with Gasteiger partial charge in [0.1, 0.15) is 17.2 Å². The molecule has 1 aromatic heterocycles. The van der Waals surface area contributed by atoms with Crippen LogP contribution >= 0.6 is 23.2 Å². The predicted molar refractivity (Wildman–Crippen MR) is 71.5 cm³/mol. The molecule has 0 aliphatic heterocycles. The first-order valence-electron chi connectivity index (χ1n) is 5.25. The number of nitrogens with one attached hydrogen (secondary N) is 1. The molecule has 0 atom stereocenters. The summed E-state index contributed by atoms with van der Waals surface area (Å²) in [6.07, 6.45) is 0. The molecule has 0 spiro atoms. The summed E-state index contributed by atoms with van der Waals surface area (Å²) in [5.74, 6) is 0.227. The van der Waals surface area contributed by atoms with Gasteiger partial charge in [0, 0.05) is 5.56 Å². The Hall–Kier alpha value is -1.58. The van der Waals surface area contributed by atoms with Crippen molar-refractivity contribution < 1.29 is 4.39 Å². The van der Waals surface area contributed by atoms with Crippen LogP contribution < -0.4 is 0 Å². The first-order chi connectivity index (χ1) is 8.65. The third-order valence-electron chi connectivity index (χ3n) is 2.64. The van der Waals surface area contributed by atoms with E-state index in [0.29, 0.717) is 32.5 Å². The summed E-state index contributed by atoms with van der Waals surface area (Å²) in [5, 5.41) is 1.04. The maximum atomic E-state index is 13.2. The van der Waals surface area contributed by atoms with Crippen LogP contribution in [0.4, 0.5) is 4.39 Å². The summed E-state index contributed by atoms with van der Waals surface area (Å²) in [7, 11) is 0. The zero-order valence-corrected chi connectivity index (χ0v) is 10.6. The van der Waals surface area contributed by atoms with Crippen molar-refractivity contribution in [2.45, 2.75) is 0 Å². The molecule has 2 aromatic carbocycles. The van der Waals surface area contributed by atoms with Gasteiger partial charge in [0.25, 0.3) is 0 Å². The minimum absolute atomic E-state index is 0.315. The molecule has 1 N–H and O–H groups in total. The molecule has 1 heterocycles. The normalized spacial score (nSPS) is 11.1. The maximum Gasteiger partial charge on any atom is 0.138 e. The van der Waals surface area contributed by atoms with E-state index in [4.69, 9.17) is 23.2 Å². The fraction of sp³-hybridized carbons (Fsp3) is 0. The van der Waals surface area contributed by atoms with Crippen LogP contribution in [0.25, 0.3) is 22.4 Å². The number of hydrogen-bond donors (Lipinski definition) is 1. The van der Waals surface area contributed by atoms with Crippen molar-refractivity contribution in [3.63, 3.8) is 0 Å². The molecule has 0 saturated heterocycles. The molecule has 2 nitrogen and oxygen atoms in total. The van der Waals surface area contributed by atoms with Gasteiger partial charge in [-0.2, -0.15) is 0 Å². The Morgan fingerprint density at radius 3 is 2.56 bits per heavy atom. The number of halogens is 3. The number of imidazole rings is 1. The van der Waals surface area contributed by atoms with Crippen LogP contribution in [0, 0.1) is 5.82 Å². The summed E-state index contributed by atoms with van der Waals surface area (Å²) in [6, 6.07) is 9.55. The number of H-pyrrole nitrogens is 1. The lowest BCUT2D eigenvalue weighted by molar-refractivity contribution is 0.628. The van der Waals surface area contributed by atoms with Gasteiger partial charge in [-0.15, -0.1) is 0 Å². The lowest BCUT2D eigenvalue weighted by Crippen LogP contribution is -1.81. The number of benzene rings is 2. The third-order valence-corrected chi connectivity index (χ3v) is 3.26. The van der Waals surface area contributed by atoms with Gasteiger partial charge in [-0.25, -0.2) is 9.37 Å². The number of aromatic nitrogens is 2. The van der Waals surface area contributed by atoms with E-state index in [-0.39, 0.29) is 5.82 Å². The zero-order chi connectivity index (χ0) is 12.7. The largest absolute Gasteiger partial charge is 0.337 e. The second-order valence-corrected chi connectivity index (χ2v) is 4.66. The smallest absolute Gasteiger partial charge is 0.138 e. The highest BCUT2D eigenvalue weighted by atomic mass is 35.5. The summed E-state index contributed by atoms with van der Waals surface area (Å²) in [5.41, 5.74) is 1.89. The first kappa shape index (κ1) is 11.5. The van der Waals surface area contributed by atoms with Crippen LogP contribution in [0.2, 0.25) is 10.0 Å². The molecule has 18 heavy (non-hydrogen) atoms. The maximum absolute atomic E-state index is 13.2. The van der Waals surface area contributed by atoms with E-state index in [0.717, 1.165) is 0 Å². The van der Waals surface area contributed by atoms with Crippen molar-refractivity contribution in [1.29, 1.82) is 0 Å². The molecule has 5 heteroatoms. The molecule has 0 fully saturated rings. The van der Waals surface area contributed by atoms with Gasteiger partial charge in [0.15, 0.2) is 0 Å². The average molecular weight is 281 g/mol. The fourth-order valence-corrected chi connectivity index (χ4v) is 2.20. The van der Waals surface area contributed by atoms with Gasteiger partial charge in [0.05, 0.1) is 15.6 Å². The van der Waals surface area contributed by atoms with Crippen LogP contribution in [-0.2, 0) is 0 Å². The van der Waals surface area contributed by atoms with E-state index in [1.807, 2.05) is 0 Å². The molecular weight excluding hydrogens is 274 g/mol. The molecule has 0 bridgehead atoms. The average Bonchev–Trinajstić information content (AvgIpc) is 2.80. The molecule has 0 unspecified atom stereocenters. The molecule has 0 radical (unpaired) electrons. The second-order valence-electron chi connectivity index (χ2n) is 3.85. The fourth-order valence-electron chi connectivity index (χ4n) is 1.80. The monoisotopic (exact) mass is 280 g/mol. The molecule has 0 aliphatic carbocycles. The van der Waals surface area contributed by atoms with Crippen molar-refractivity contribution in [1.82, 2.24) is 9.97 Å². The van der Waals surface area contributed by atoms with Crippen LogP contribution in [-0.4, -0.2) is 9.97 Å². The van der Waals surface area contributed by atoms with Crippen molar-refractivity contribution in [3.05, 3.63) is 52.3 Å². The lowest BCUT2D eigenvalue weighted by Gasteiger charge is -1.95. The number of fused-ring (bicyclic) bond motifs is 1. The summed E-state index contributed by atoms with van der Waals surface area (Å²) >= 11 is 12.1. The van der Waals surface area contributed by atoms with E-state index in [9.17, 15) is 4.39 Å². The molecule has 0 aliphatic rings. The van der Waals surface area contributed by atoms with Crippen molar-refractivity contribution in [2.75, 3.05) is 0 Å². The lowest BCUT2D eigenvalue weighted by atomic mass is 10.2. The van der Waals surface area contributed by atoms with Crippen LogP contribution in [0.1, 0.15) is 0 Å². The summed E-state index contributed by atoms with van der Waals surface area (Å²) in [4.78, 5) is 7.40. The van der Waals surface area contributed by atoms with Gasteiger partial charge < -0.3 is 4.98 Å². The molecular formula is C13H7Cl2FN2. The highest BCUT2D eigenvalue weighted by molar-refractivity contribution is 6.39. The van der Waals surface area contributed by atoms with E-state index in [1.165, 1.54) is 12.1 Å². The number of aromatic amines is 1. The highest BCUT2D eigenvalue weighted by Crippen LogP contribution is 2.30. The number of hydrogen-bond acceptors (Lipinski definition) is 1. The minimum atomic E-state index is -0.315. The van der Waals surface area contributed by atoms with Gasteiger partial charge in [-0.1, -0.05) is 35.3 Å².